The molecule has 0 fully saturated rings. The highest BCUT2D eigenvalue weighted by molar-refractivity contribution is 5.79. The second-order valence-corrected chi connectivity index (χ2v) is 8.81. The fraction of sp³-hybridized carbons (Fsp3) is 0.522. The number of guanidine groups is 1. The predicted octanol–water partition coefficient (Wildman–Crippen LogP) is 3.64. The SMILES string of the molecule is CN=C(NCCCc1nn(-c2ccccc2)c(N)c1C#N)NC(C)CCC(C)(C)C. The number of para-hydroxylation sites is 1. The number of aryl methyl sites for hydroxylation is 1. The largest absolute Gasteiger partial charge is 0.382 e. The number of anilines is 1. The maximum absolute atomic E-state index is 9.52. The molecule has 7 nitrogen and oxygen atoms in total. The first-order valence-corrected chi connectivity index (χ1v) is 10.5. The number of aliphatic imine (C=N–C) groups is 1. The summed E-state index contributed by atoms with van der Waals surface area (Å²) < 4.78 is 1.64. The van der Waals surface area contributed by atoms with Crippen LogP contribution in [0.3, 0.4) is 0 Å². The number of hydrogen-bond acceptors (Lipinski definition) is 4. The molecule has 1 aromatic heterocycles. The summed E-state index contributed by atoms with van der Waals surface area (Å²) in [6, 6.07) is 12.2. The lowest BCUT2D eigenvalue weighted by molar-refractivity contribution is 0.346. The highest BCUT2D eigenvalue weighted by atomic mass is 15.3. The fourth-order valence-electron chi connectivity index (χ4n) is 3.15. The minimum Gasteiger partial charge on any atom is -0.382 e. The fourth-order valence-corrected chi connectivity index (χ4v) is 3.15. The highest BCUT2D eigenvalue weighted by Crippen LogP contribution is 2.22. The number of nitrogen functional groups attached to an aromatic ring is 1. The first-order valence-electron chi connectivity index (χ1n) is 10.5. The zero-order chi connectivity index (χ0) is 22.1. The first-order chi connectivity index (χ1) is 14.2. The third-order valence-corrected chi connectivity index (χ3v) is 4.92. The molecule has 7 heteroatoms. The van der Waals surface area contributed by atoms with Gasteiger partial charge in [-0.25, -0.2) is 4.68 Å². The minimum absolute atomic E-state index is 0.330. The first kappa shape index (κ1) is 23.3. The van der Waals surface area contributed by atoms with Crippen LogP contribution in [0, 0.1) is 16.7 Å². The number of nitrogens with zero attached hydrogens (tertiary/aromatic N) is 4. The molecule has 1 unspecified atom stereocenters. The van der Waals surface area contributed by atoms with Crippen molar-refractivity contribution in [2.75, 3.05) is 19.3 Å². The summed E-state index contributed by atoms with van der Waals surface area (Å²) in [6.07, 6.45) is 3.72. The Morgan fingerprint density at radius 1 is 1.30 bits per heavy atom. The molecule has 0 radical (unpaired) electrons. The number of hydrogen-bond donors (Lipinski definition) is 3. The smallest absolute Gasteiger partial charge is 0.191 e. The summed E-state index contributed by atoms with van der Waals surface area (Å²) in [5.41, 5.74) is 8.53. The molecule has 1 aromatic carbocycles. The molecule has 0 spiro atoms. The number of benzene rings is 1. The summed E-state index contributed by atoms with van der Waals surface area (Å²) in [7, 11) is 1.78. The van der Waals surface area contributed by atoms with E-state index in [4.69, 9.17) is 5.73 Å². The predicted molar refractivity (Wildman–Crippen MR) is 124 cm³/mol. The van der Waals surface area contributed by atoms with Gasteiger partial charge < -0.3 is 16.4 Å². The topological polar surface area (TPSA) is 104 Å². The Balaban J connectivity index is 1.88. The Morgan fingerprint density at radius 3 is 2.60 bits per heavy atom. The van der Waals surface area contributed by atoms with Gasteiger partial charge in [0.05, 0.1) is 11.4 Å². The van der Waals surface area contributed by atoms with Crippen molar-refractivity contribution in [3.63, 3.8) is 0 Å². The second kappa shape index (κ2) is 10.7. The van der Waals surface area contributed by atoms with E-state index >= 15 is 0 Å². The minimum atomic E-state index is 0.330. The Bertz CT molecular complexity index is 869. The Morgan fingerprint density at radius 2 is 2.00 bits per heavy atom. The second-order valence-electron chi connectivity index (χ2n) is 8.81. The summed E-state index contributed by atoms with van der Waals surface area (Å²) in [5, 5.41) is 20.9. The van der Waals surface area contributed by atoms with Crippen LogP contribution in [0.5, 0.6) is 0 Å². The standard InChI is InChI=1S/C23H35N7/c1-17(13-14-23(2,3)4)28-22(26-5)27-15-9-12-20-19(16-24)21(25)30(29-20)18-10-7-6-8-11-18/h6-8,10-11,17H,9,12-15,25H2,1-5H3,(H2,26,27,28). The lowest BCUT2D eigenvalue weighted by Crippen LogP contribution is -2.42. The van der Waals surface area contributed by atoms with Crippen molar-refractivity contribution < 1.29 is 0 Å². The number of nitrogens with two attached hydrogens (primary N) is 1. The van der Waals surface area contributed by atoms with E-state index in [9.17, 15) is 5.26 Å². The van der Waals surface area contributed by atoms with Crippen LogP contribution in [0.15, 0.2) is 35.3 Å². The number of nitriles is 1. The van der Waals surface area contributed by atoms with Crippen molar-refractivity contribution in [1.82, 2.24) is 20.4 Å². The van der Waals surface area contributed by atoms with Crippen molar-refractivity contribution in [2.45, 2.75) is 59.4 Å². The molecular formula is C23H35N7. The van der Waals surface area contributed by atoms with Gasteiger partial charge in [-0.15, -0.1) is 0 Å². The summed E-state index contributed by atoms with van der Waals surface area (Å²) in [6.45, 7) is 9.68. The lowest BCUT2D eigenvalue weighted by atomic mass is 9.89. The number of aromatic nitrogens is 2. The third kappa shape index (κ3) is 6.80. The van der Waals surface area contributed by atoms with Gasteiger partial charge in [-0.3, -0.25) is 4.99 Å². The van der Waals surface area contributed by atoms with Crippen LogP contribution < -0.4 is 16.4 Å². The van der Waals surface area contributed by atoms with Crippen LogP contribution in [-0.4, -0.2) is 35.4 Å². The monoisotopic (exact) mass is 409 g/mol. The Labute approximate surface area is 180 Å². The van der Waals surface area contributed by atoms with Gasteiger partial charge in [0, 0.05) is 19.6 Å². The summed E-state index contributed by atoms with van der Waals surface area (Å²) >= 11 is 0. The normalized spacial score (nSPS) is 13.0. The molecule has 162 valence electrons. The van der Waals surface area contributed by atoms with Gasteiger partial charge in [0.25, 0.3) is 0 Å². The van der Waals surface area contributed by atoms with Crippen molar-refractivity contribution in [3.05, 3.63) is 41.6 Å². The molecule has 2 rings (SSSR count). The molecule has 0 saturated carbocycles. The van der Waals surface area contributed by atoms with Gasteiger partial charge >= 0.3 is 0 Å². The molecule has 0 amide bonds. The van der Waals surface area contributed by atoms with E-state index in [1.54, 1.807) is 11.7 Å². The van der Waals surface area contributed by atoms with Crippen LogP contribution in [0.1, 0.15) is 58.2 Å². The lowest BCUT2D eigenvalue weighted by Gasteiger charge is -2.23. The van der Waals surface area contributed by atoms with Gasteiger partial charge in [-0.1, -0.05) is 39.0 Å². The van der Waals surface area contributed by atoms with Crippen LogP contribution in [0.4, 0.5) is 5.82 Å². The molecule has 1 heterocycles. The van der Waals surface area contributed by atoms with Crippen LogP contribution >= 0.6 is 0 Å². The van der Waals surface area contributed by atoms with Crippen LogP contribution in [-0.2, 0) is 6.42 Å². The van der Waals surface area contributed by atoms with Crippen molar-refractivity contribution >= 4 is 11.8 Å². The van der Waals surface area contributed by atoms with Crippen LogP contribution in [0.2, 0.25) is 0 Å². The molecule has 2 aromatic rings. The van der Waals surface area contributed by atoms with Gasteiger partial charge in [0.1, 0.15) is 17.5 Å². The molecule has 0 aliphatic heterocycles. The number of rotatable bonds is 8. The van der Waals surface area contributed by atoms with E-state index in [1.807, 2.05) is 30.3 Å². The van der Waals surface area contributed by atoms with Gasteiger partial charge in [-0.05, 0) is 50.2 Å². The quantitative estimate of drug-likeness (QED) is 0.351. The van der Waals surface area contributed by atoms with Crippen molar-refractivity contribution in [2.24, 2.45) is 10.4 Å². The summed E-state index contributed by atoms with van der Waals surface area (Å²) in [5.74, 6) is 1.18. The van der Waals surface area contributed by atoms with E-state index in [0.29, 0.717) is 29.3 Å². The maximum atomic E-state index is 9.52. The highest BCUT2D eigenvalue weighted by Gasteiger charge is 2.16. The average molecular weight is 410 g/mol. The zero-order valence-electron chi connectivity index (χ0n) is 18.9. The maximum Gasteiger partial charge on any atom is 0.191 e. The molecular weight excluding hydrogens is 374 g/mol. The van der Waals surface area contributed by atoms with Crippen molar-refractivity contribution in [1.29, 1.82) is 5.26 Å². The number of nitrogens with one attached hydrogen (secondary N) is 2. The van der Waals surface area contributed by atoms with Crippen LogP contribution in [0.25, 0.3) is 5.69 Å². The van der Waals surface area contributed by atoms with E-state index in [0.717, 1.165) is 43.1 Å². The third-order valence-electron chi connectivity index (χ3n) is 4.92. The molecule has 0 saturated heterocycles. The van der Waals surface area contributed by atoms with E-state index in [2.05, 4.69) is 54.5 Å². The average Bonchev–Trinajstić information content (AvgIpc) is 3.04. The van der Waals surface area contributed by atoms with Gasteiger partial charge in [-0.2, -0.15) is 10.4 Å². The van der Waals surface area contributed by atoms with Gasteiger partial charge in [0.15, 0.2) is 5.96 Å². The summed E-state index contributed by atoms with van der Waals surface area (Å²) in [4.78, 5) is 4.31. The molecule has 0 aliphatic rings. The van der Waals surface area contributed by atoms with E-state index in [-0.39, 0.29) is 0 Å². The Hall–Kier alpha value is -3.01. The molecule has 0 bridgehead atoms. The zero-order valence-corrected chi connectivity index (χ0v) is 18.9. The molecule has 30 heavy (non-hydrogen) atoms. The van der Waals surface area contributed by atoms with E-state index < -0.39 is 0 Å². The Kier molecular flexibility index (Phi) is 8.28. The van der Waals surface area contributed by atoms with Crippen molar-refractivity contribution in [3.8, 4) is 11.8 Å². The molecule has 4 N–H and O–H groups in total. The van der Waals surface area contributed by atoms with Gasteiger partial charge in [0.2, 0.25) is 0 Å². The molecule has 0 aliphatic carbocycles. The van der Waals surface area contributed by atoms with E-state index in [1.165, 1.54) is 0 Å². The molecule has 1 atom stereocenters.